The number of ether oxygens (including phenoxy) is 3. The predicted molar refractivity (Wildman–Crippen MR) is 46.3 cm³/mol. The number of allylic oxidation sites excluding steroid dienone is 1. The van der Waals surface area contributed by atoms with E-state index in [1.807, 2.05) is 13.8 Å². The molecule has 0 N–H and O–H groups in total. The molecule has 4 atom stereocenters. The number of carbonyl (C=O) groups is 1. The third kappa shape index (κ3) is 1.02. The zero-order valence-electron chi connectivity index (χ0n) is 8.10. The molecule has 3 rings (SSSR count). The summed E-state index contributed by atoms with van der Waals surface area (Å²) in [4.78, 5) is 11.5. The number of carbonyl (C=O) groups excluding carboxylic acids is 1. The van der Waals surface area contributed by atoms with E-state index in [1.165, 1.54) is 0 Å². The molecule has 0 spiro atoms. The molecule has 3 aliphatic rings. The lowest BCUT2D eigenvalue weighted by Gasteiger charge is -2.20. The van der Waals surface area contributed by atoms with Crippen LogP contribution >= 0.6 is 0 Å². The van der Waals surface area contributed by atoms with Crippen LogP contribution in [0, 0.1) is 5.92 Å². The highest BCUT2D eigenvalue weighted by Gasteiger charge is 2.57. The van der Waals surface area contributed by atoms with Crippen molar-refractivity contribution in [2.75, 3.05) is 0 Å². The van der Waals surface area contributed by atoms with Crippen molar-refractivity contribution in [1.29, 1.82) is 0 Å². The van der Waals surface area contributed by atoms with Gasteiger partial charge in [-0.2, -0.15) is 0 Å². The summed E-state index contributed by atoms with van der Waals surface area (Å²) in [6.07, 6.45) is 2.59. The van der Waals surface area contributed by atoms with Gasteiger partial charge in [-0.25, -0.2) is 0 Å². The molecule has 0 amide bonds. The van der Waals surface area contributed by atoms with Crippen LogP contribution in [0.5, 0.6) is 0 Å². The molecule has 0 aromatic heterocycles. The predicted octanol–water partition coefficient (Wildman–Crippen LogP) is 0.618. The van der Waals surface area contributed by atoms with E-state index in [0.29, 0.717) is 0 Å². The van der Waals surface area contributed by atoms with Gasteiger partial charge in [-0.3, -0.25) is 4.79 Å². The number of hydrogen-bond acceptors (Lipinski definition) is 4. The van der Waals surface area contributed by atoms with Gasteiger partial charge >= 0.3 is 0 Å². The Morgan fingerprint density at radius 2 is 2.14 bits per heavy atom. The second kappa shape index (κ2) is 2.45. The molecule has 0 aromatic carbocycles. The molecule has 4 heteroatoms. The minimum absolute atomic E-state index is 0.0869. The third-order valence-electron chi connectivity index (χ3n) is 2.87. The second-order valence-corrected chi connectivity index (χ2v) is 4.36. The molecule has 4 nitrogen and oxygen atoms in total. The zero-order valence-corrected chi connectivity index (χ0v) is 8.10. The Morgan fingerprint density at radius 1 is 1.36 bits per heavy atom. The lowest BCUT2D eigenvalue weighted by atomic mass is 9.99. The maximum absolute atomic E-state index is 11.5. The van der Waals surface area contributed by atoms with Crippen LogP contribution in [0.4, 0.5) is 0 Å². The van der Waals surface area contributed by atoms with E-state index < -0.39 is 5.79 Å². The molecule has 0 unspecified atom stereocenters. The van der Waals surface area contributed by atoms with Crippen molar-refractivity contribution < 1.29 is 19.0 Å². The van der Waals surface area contributed by atoms with Gasteiger partial charge in [0, 0.05) is 0 Å². The van der Waals surface area contributed by atoms with Crippen LogP contribution in [0.1, 0.15) is 13.8 Å². The normalized spacial score (nSPS) is 48.3. The fraction of sp³-hybridized carbons (Fsp3) is 0.700. The first-order valence-corrected chi connectivity index (χ1v) is 4.80. The SMILES string of the molecule is CC1(C)O[C@H]2O[C@@H]3C=CC(=O)[C@@H]3[C@H]2O1. The van der Waals surface area contributed by atoms with Gasteiger partial charge in [0.1, 0.15) is 6.10 Å². The van der Waals surface area contributed by atoms with Crippen molar-refractivity contribution in [3.05, 3.63) is 12.2 Å². The van der Waals surface area contributed by atoms with Gasteiger partial charge in [-0.15, -0.1) is 0 Å². The van der Waals surface area contributed by atoms with Crippen molar-refractivity contribution in [3.63, 3.8) is 0 Å². The van der Waals surface area contributed by atoms with E-state index in [-0.39, 0.29) is 30.2 Å². The van der Waals surface area contributed by atoms with Crippen molar-refractivity contribution in [2.24, 2.45) is 5.92 Å². The lowest BCUT2D eigenvalue weighted by molar-refractivity contribution is -0.203. The monoisotopic (exact) mass is 196 g/mol. The van der Waals surface area contributed by atoms with Gasteiger partial charge in [0.05, 0.1) is 12.0 Å². The summed E-state index contributed by atoms with van der Waals surface area (Å²) in [6, 6.07) is 0. The van der Waals surface area contributed by atoms with Gasteiger partial charge in [-0.1, -0.05) is 6.08 Å². The van der Waals surface area contributed by atoms with E-state index in [4.69, 9.17) is 14.2 Å². The number of rotatable bonds is 0. The molecule has 2 fully saturated rings. The van der Waals surface area contributed by atoms with Gasteiger partial charge in [0.15, 0.2) is 17.9 Å². The van der Waals surface area contributed by atoms with Gasteiger partial charge in [0.25, 0.3) is 0 Å². The quantitative estimate of drug-likeness (QED) is 0.569. The molecule has 0 saturated carbocycles. The van der Waals surface area contributed by atoms with E-state index in [9.17, 15) is 4.79 Å². The van der Waals surface area contributed by atoms with Gasteiger partial charge in [0.2, 0.25) is 0 Å². The molecule has 2 aliphatic heterocycles. The van der Waals surface area contributed by atoms with Crippen LogP contribution in [0.15, 0.2) is 12.2 Å². The summed E-state index contributed by atoms with van der Waals surface area (Å²) in [5, 5.41) is 0. The smallest absolute Gasteiger partial charge is 0.188 e. The first-order valence-electron chi connectivity index (χ1n) is 4.80. The highest BCUT2D eigenvalue weighted by atomic mass is 16.8. The van der Waals surface area contributed by atoms with E-state index in [1.54, 1.807) is 12.2 Å². The maximum Gasteiger partial charge on any atom is 0.188 e. The molecule has 2 saturated heterocycles. The van der Waals surface area contributed by atoms with Crippen molar-refractivity contribution in [1.82, 2.24) is 0 Å². The largest absolute Gasteiger partial charge is 0.342 e. The minimum Gasteiger partial charge on any atom is -0.342 e. The first kappa shape index (κ1) is 8.59. The van der Waals surface area contributed by atoms with Crippen molar-refractivity contribution >= 4 is 5.78 Å². The van der Waals surface area contributed by atoms with Crippen LogP contribution in [-0.4, -0.2) is 30.1 Å². The highest BCUT2D eigenvalue weighted by molar-refractivity contribution is 5.95. The second-order valence-electron chi connectivity index (χ2n) is 4.36. The summed E-state index contributed by atoms with van der Waals surface area (Å²) in [5.41, 5.74) is 0. The Kier molecular flexibility index (Phi) is 1.50. The number of fused-ring (bicyclic) bond motifs is 3. The Hall–Kier alpha value is -0.710. The number of hydrogen-bond donors (Lipinski definition) is 0. The van der Waals surface area contributed by atoms with Crippen molar-refractivity contribution in [2.45, 2.75) is 38.1 Å². The fourth-order valence-corrected chi connectivity index (χ4v) is 2.32. The average Bonchev–Trinajstić information content (AvgIpc) is 2.61. The summed E-state index contributed by atoms with van der Waals surface area (Å²) in [7, 11) is 0. The molecule has 2 heterocycles. The fourth-order valence-electron chi connectivity index (χ4n) is 2.32. The Labute approximate surface area is 81.8 Å². The van der Waals surface area contributed by atoms with E-state index >= 15 is 0 Å². The van der Waals surface area contributed by atoms with Crippen LogP contribution in [0.25, 0.3) is 0 Å². The van der Waals surface area contributed by atoms with Crippen LogP contribution in [-0.2, 0) is 19.0 Å². The zero-order chi connectivity index (χ0) is 9.92. The minimum atomic E-state index is -0.636. The van der Waals surface area contributed by atoms with Crippen LogP contribution in [0.3, 0.4) is 0 Å². The molecular formula is C10H12O4. The molecule has 1 aliphatic carbocycles. The van der Waals surface area contributed by atoms with Gasteiger partial charge in [-0.05, 0) is 19.9 Å². The van der Waals surface area contributed by atoms with Gasteiger partial charge < -0.3 is 14.2 Å². The van der Waals surface area contributed by atoms with Crippen LogP contribution in [0.2, 0.25) is 0 Å². The lowest BCUT2D eigenvalue weighted by Crippen LogP contribution is -2.31. The average molecular weight is 196 g/mol. The molecule has 0 aromatic rings. The summed E-state index contributed by atoms with van der Waals surface area (Å²) < 4.78 is 16.7. The number of ketones is 1. The summed E-state index contributed by atoms with van der Waals surface area (Å²) >= 11 is 0. The Balaban J connectivity index is 1.88. The molecular weight excluding hydrogens is 184 g/mol. The summed E-state index contributed by atoms with van der Waals surface area (Å²) in [5.74, 6) is -0.742. The standard InChI is InChI=1S/C10H12O4/c1-10(2)13-8-7-5(11)3-4-6(7)12-9(8)14-10/h3-4,6-9H,1-2H3/t6-,7+,8-,9-/m1/s1. The maximum atomic E-state index is 11.5. The summed E-state index contributed by atoms with van der Waals surface area (Å²) in [6.45, 7) is 3.66. The van der Waals surface area contributed by atoms with Crippen LogP contribution < -0.4 is 0 Å². The molecule has 0 bridgehead atoms. The van der Waals surface area contributed by atoms with Crippen molar-refractivity contribution in [3.8, 4) is 0 Å². The Morgan fingerprint density at radius 3 is 2.93 bits per heavy atom. The van der Waals surface area contributed by atoms with E-state index in [2.05, 4.69) is 0 Å². The third-order valence-corrected chi connectivity index (χ3v) is 2.87. The molecule has 76 valence electrons. The Bertz CT molecular complexity index is 320. The van der Waals surface area contributed by atoms with E-state index in [0.717, 1.165) is 0 Å². The first-order chi connectivity index (χ1) is 6.57. The highest BCUT2D eigenvalue weighted by Crippen LogP contribution is 2.43. The molecule has 14 heavy (non-hydrogen) atoms. The topological polar surface area (TPSA) is 44.8 Å². The molecule has 0 radical (unpaired) electrons.